The van der Waals surface area contributed by atoms with Crippen molar-refractivity contribution in [1.29, 1.82) is 0 Å². The molecule has 5 heteroatoms. The molecule has 0 spiro atoms. The molecule has 3 aromatic carbocycles. The van der Waals surface area contributed by atoms with Crippen LogP contribution in [-0.4, -0.2) is 8.42 Å². The molecular formula is C20H17NO3S. The van der Waals surface area contributed by atoms with Gasteiger partial charge in [0.25, 0.3) is 0 Å². The van der Waals surface area contributed by atoms with Gasteiger partial charge in [0.1, 0.15) is 0 Å². The number of hydrogen-bond donors (Lipinski definition) is 1. The minimum atomic E-state index is -3.78. The second kappa shape index (κ2) is 6.02. The molecule has 4 nitrogen and oxygen atoms in total. The Balaban J connectivity index is 1.78. The minimum absolute atomic E-state index is 0.322. The van der Waals surface area contributed by atoms with Gasteiger partial charge in [-0.2, -0.15) is 13.1 Å². The van der Waals surface area contributed by atoms with Crippen molar-refractivity contribution in [3.05, 3.63) is 78.4 Å². The zero-order valence-electron chi connectivity index (χ0n) is 13.6. The SMILES string of the molecule is CC1NS(=O)(=O)Oc2c(-c3ccc(-c4ccccc4)cc3)cccc21. The van der Waals surface area contributed by atoms with Gasteiger partial charge in [-0.3, -0.25) is 0 Å². The van der Waals surface area contributed by atoms with Crippen LogP contribution in [0.3, 0.4) is 0 Å². The summed E-state index contributed by atoms with van der Waals surface area (Å²) in [5, 5.41) is 0. The Hall–Kier alpha value is -2.63. The highest BCUT2D eigenvalue weighted by Gasteiger charge is 2.29. The van der Waals surface area contributed by atoms with Crippen LogP contribution in [0.25, 0.3) is 22.3 Å². The lowest BCUT2D eigenvalue weighted by Crippen LogP contribution is -2.35. The van der Waals surface area contributed by atoms with Crippen molar-refractivity contribution in [2.75, 3.05) is 0 Å². The Morgan fingerprint density at radius 1 is 0.800 bits per heavy atom. The highest BCUT2D eigenvalue weighted by atomic mass is 32.2. The van der Waals surface area contributed by atoms with E-state index in [1.807, 2.05) is 60.7 Å². The van der Waals surface area contributed by atoms with Crippen molar-refractivity contribution < 1.29 is 12.6 Å². The Morgan fingerprint density at radius 3 is 2.16 bits per heavy atom. The first-order valence-electron chi connectivity index (χ1n) is 8.04. The fourth-order valence-corrected chi connectivity index (χ4v) is 4.12. The van der Waals surface area contributed by atoms with E-state index in [4.69, 9.17) is 4.18 Å². The highest BCUT2D eigenvalue weighted by Crippen LogP contribution is 2.40. The Morgan fingerprint density at radius 2 is 1.44 bits per heavy atom. The lowest BCUT2D eigenvalue weighted by atomic mass is 9.96. The van der Waals surface area contributed by atoms with E-state index in [0.717, 1.165) is 27.8 Å². The van der Waals surface area contributed by atoms with Crippen molar-refractivity contribution in [3.63, 3.8) is 0 Å². The smallest absolute Gasteiger partial charge is 0.370 e. The lowest BCUT2D eigenvalue weighted by molar-refractivity contribution is 0.437. The van der Waals surface area contributed by atoms with Crippen molar-refractivity contribution in [2.24, 2.45) is 0 Å². The molecular weight excluding hydrogens is 334 g/mol. The third-order valence-electron chi connectivity index (χ3n) is 4.33. The van der Waals surface area contributed by atoms with Crippen LogP contribution in [0.1, 0.15) is 18.5 Å². The quantitative estimate of drug-likeness (QED) is 0.748. The molecule has 25 heavy (non-hydrogen) atoms. The molecule has 1 heterocycles. The highest BCUT2D eigenvalue weighted by molar-refractivity contribution is 7.85. The summed E-state index contributed by atoms with van der Waals surface area (Å²) < 4.78 is 31.5. The molecule has 0 fully saturated rings. The number of rotatable bonds is 2. The van der Waals surface area contributed by atoms with Crippen LogP contribution in [0.2, 0.25) is 0 Å². The molecule has 0 saturated carbocycles. The van der Waals surface area contributed by atoms with Crippen molar-refractivity contribution in [1.82, 2.24) is 4.72 Å². The summed E-state index contributed by atoms with van der Waals surface area (Å²) in [6.45, 7) is 1.81. The van der Waals surface area contributed by atoms with Crippen LogP contribution in [0.5, 0.6) is 5.75 Å². The summed E-state index contributed by atoms with van der Waals surface area (Å²) in [4.78, 5) is 0. The average molecular weight is 351 g/mol. The first kappa shape index (κ1) is 15.9. The van der Waals surface area contributed by atoms with Gasteiger partial charge in [0.2, 0.25) is 0 Å². The minimum Gasteiger partial charge on any atom is -0.370 e. The monoisotopic (exact) mass is 351 g/mol. The molecule has 1 unspecified atom stereocenters. The first-order chi connectivity index (χ1) is 12.0. The Labute approximate surface area is 147 Å². The van der Waals surface area contributed by atoms with E-state index in [2.05, 4.69) is 16.9 Å². The average Bonchev–Trinajstić information content (AvgIpc) is 2.61. The van der Waals surface area contributed by atoms with Crippen LogP contribution < -0.4 is 8.91 Å². The van der Waals surface area contributed by atoms with Crippen LogP contribution in [-0.2, 0) is 10.3 Å². The van der Waals surface area contributed by atoms with E-state index in [0.29, 0.717) is 5.75 Å². The van der Waals surface area contributed by atoms with Crippen LogP contribution in [0.15, 0.2) is 72.8 Å². The summed E-state index contributed by atoms with van der Waals surface area (Å²) in [6.07, 6.45) is 0. The molecule has 0 bridgehead atoms. The standard InChI is InChI=1S/C20H17NO3S/c1-14-18-8-5-9-19(20(18)24-25(22,23)21-14)17-12-10-16(11-13-17)15-6-3-2-4-7-15/h2-14,21H,1H3. The van der Waals surface area contributed by atoms with E-state index in [1.165, 1.54) is 0 Å². The third kappa shape index (κ3) is 3.04. The topological polar surface area (TPSA) is 55.4 Å². The lowest BCUT2D eigenvalue weighted by Gasteiger charge is -2.25. The molecule has 0 saturated heterocycles. The third-order valence-corrected chi connectivity index (χ3v) is 5.36. The van der Waals surface area contributed by atoms with E-state index in [-0.39, 0.29) is 6.04 Å². The van der Waals surface area contributed by atoms with Crippen LogP contribution in [0, 0.1) is 0 Å². The van der Waals surface area contributed by atoms with Gasteiger partial charge in [-0.15, -0.1) is 0 Å². The van der Waals surface area contributed by atoms with Gasteiger partial charge in [-0.05, 0) is 23.6 Å². The van der Waals surface area contributed by atoms with E-state index >= 15 is 0 Å². The fraction of sp³-hybridized carbons (Fsp3) is 0.100. The first-order valence-corrected chi connectivity index (χ1v) is 9.45. The zero-order valence-corrected chi connectivity index (χ0v) is 14.5. The van der Waals surface area contributed by atoms with Gasteiger partial charge in [0.05, 0.1) is 6.04 Å². The summed E-state index contributed by atoms with van der Waals surface area (Å²) in [6, 6.07) is 23.5. The maximum atomic E-state index is 11.9. The molecule has 1 atom stereocenters. The molecule has 0 aromatic heterocycles. The summed E-state index contributed by atoms with van der Waals surface area (Å²) >= 11 is 0. The fourth-order valence-electron chi connectivity index (χ4n) is 3.10. The van der Waals surface area contributed by atoms with E-state index in [1.54, 1.807) is 6.92 Å². The number of para-hydroxylation sites is 1. The molecule has 126 valence electrons. The predicted molar refractivity (Wildman–Crippen MR) is 98.4 cm³/mol. The maximum absolute atomic E-state index is 11.9. The zero-order chi connectivity index (χ0) is 17.4. The van der Waals surface area contributed by atoms with Gasteiger partial charge in [0, 0.05) is 11.1 Å². The van der Waals surface area contributed by atoms with Crippen molar-refractivity contribution >= 4 is 10.3 Å². The van der Waals surface area contributed by atoms with E-state index in [9.17, 15) is 8.42 Å². The number of benzene rings is 3. The predicted octanol–water partition coefficient (Wildman–Crippen LogP) is 4.31. The second-order valence-electron chi connectivity index (χ2n) is 6.04. The number of fused-ring (bicyclic) bond motifs is 1. The molecule has 0 radical (unpaired) electrons. The Kier molecular flexibility index (Phi) is 3.82. The molecule has 1 N–H and O–H groups in total. The number of hydrogen-bond acceptors (Lipinski definition) is 3. The summed E-state index contributed by atoms with van der Waals surface area (Å²) in [5.74, 6) is 0.404. The van der Waals surface area contributed by atoms with Gasteiger partial charge in [0.15, 0.2) is 5.75 Å². The van der Waals surface area contributed by atoms with Crippen molar-refractivity contribution in [2.45, 2.75) is 13.0 Å². The Bertz CT molecular complexity index is 1010. The van der Waals surface area contributed by atoms with E-state index < -0.39 is 10.3 Å². The van der Waals surface area contributed by atoms with Crippen LogP contribution >= 0.6 is 0 Å². The van der Waals surface area contributed by atoms with Gasteiger partial charge in [-0.25, -0.2) is 0 Å². The van der Waals surface area contributed by atoms with Gasteiger partial charge < -0.3 is 4.18 Å². The summed E-state index contributed by atoms with van der Waals surface area (Å²) in [5.41, 5.74) is 4.77. The van der Waals surface area contributed by atoms with Gasteiger partial charge in [-0.1, -0.05) is 72.8 Å². The molecule has 4 rings (SSSR count). The largest absolute Gasteiger partial charge is 0.383 e. The van der Waals surface area contributed by atoms with Crippen molar-refractivity contribution in [3.8, 4) is 28.0 Å². The molecule has 3 aromatic rings. The van der Waals surface area contributed by atoms with Gasteiger partial charge >= 0.3 is 10.3 Å². The molecule has 1 aliphatic heterocycles. The normalized spacial score (nSPS) is 18.2. The molecule has 0 aliphatic carbocycles. The van der Waals surface area contributed by atoms with Crippen LogP contribution in [0.4, 0.5) is 0 Å². The second-order valence-corrected chi connectivity index (χ2v) is 7.35. The summed E-state index contributed by atoms with van der Waals surface area (Å²) in [7, 11) is -3.78. The molecule has 0 amide bonds. The molecule has 1 aliphatic rings. The maximum Gasteiger partial charge on any atom is 0.383 e. The number of nitrogens with one attached hydrogen (secondary N) is 1.